The highest BCUT2D eigenvalue weighted by Gasteiger charge is 2.25. The lowest BCUT2D eigenvalue weighted by molar-refractivity contribution is 0.171. The summed E-state index contributed by atoms with van der Waals surface area (Å²) in [4.78, 5) is 12.0. The van der Waals surface area contributed by atoms with Gasteiger partial charge in [0.2, 0.25) is 10.0 Å². The van der Waals surface area contributed by atoms with Gasteiger partial charge >= 0.3 is 6.03 Å². The zero-order valence-corrected chi connectivity index (χ0v) is 15.0. The molecule has 9 heteroatoms. The van der Waals surface area contributed by atoms with Crippen LogP contribution in [0.5, 0.6) is 11.5 Å². The van der Waals surface area contributed by atoms with E-state index in [1.54, 1.807) is 0 Å². The first-order valence-corrected chi connectivity index (χ1v) is 10.1. The fourth-order valence-corrected chi connectivity index (χ4v) is 3.82. The van der Waals surface area contributed by atoms with E-state index in [1.165, 1.54) is 10.6 Å². The van der Waals surface area contributed by atoms with Gasteiger partial charge in [0.05, 0.1) is 6.26 Å². The molecule has 1 saturated heterocycles. The standard InChI is InChI=1S/C16H23N3O5S/c1-25(21,22)19-6-4-13(5-7-19)18-16(20)17-11-12-2-3-14-15(10-12)24-9-8-23-14/h2-3,10,13H,4-9,11H2,1H3,(H2,17,18,20). The molecule has 8 nitrogen and oxygen atoms in total. The normalized spacial score (nSPS) is 18.6. The SMILES string of the molecule is CS(=O)(=O)N1CCC(NC(=O)NCc2ccc3c(c2)OCCO3)CC1. The topological polar surface area (TPSA) is 97.0 Å². The fourth-order valence-electron chi connectivity index (χ4n) is 2.95. The Morgan fingerprint density at radius 1 is 1.20 bits per heavy atom. The number of fused-ring (bicyclic) bond motifs is 1. The van der Waals surface area contributed by atoms with Gasteiger partial charge in [0.15, 0.2) is 11.5 Å². The van der Waals surface area contributed by atoms with Gasteiger partial charge in [-0.3, -0.25) is 0 Å². The Balaban J connectivity index is 1.44. The molecule has 1 fully saturated rings. The number of hydrogen-bond acceptors (Lipinski definition) is 5. The maximum absolute atomic E-state index is 12.0. The molecule has 3 rings (SSSR count). The van der Waals surface area contributed by atoms with Gasteiger partial charge in [-0.25, -0.2) is 17.5 Å². The Bertz CT molecular complexity index is 729. The number of urea groups is 1. The van der Waals surface area contributed by atoms with Crippen LogP contribution < -0.4 is 20.1 Å². The van der Waals surface area contributed by atoms with Crippen LogP contribution in [0.1, 0.15) is 18.4 Å². The number of nitrogens with one attached hydrogen (secondary N) is 2. The minimum absolute atomic E-state index is 0.0155. The van der Waals surface area contributed by atoms with Crippen LogP contribution in [0.4, 0.5) is 4.79 Å². The third kappa shape index (κ3) is 4.76. The van der Waals surface area contributed by atoms with Crippen molar-refractivity contribution in [3.05, 3.63) is 23.8 Å². The first kappa shape index (κ1) is 17.8. The van der Waals surface area contributed by atoms with Crippen molar-refractivity contribution < 1.29 is 22.7 Å². The number of hydrogen-bond donors (Lipinski definition) is 2. The molecule has 0 aliphatic carbocycles. The van der Waals surface area contributed by atoms with E-state index in [-0.39, 0.29) is 12.1 Å². The Morgan fingerprint density at radius 2 is 1.88 bits per heavy atom. The number of carbonyl (C=O) groups is 1. The van der Waals surface area contributed by atoms with Crippen LogP contribution in [-0.4, -0.2) is 57.4 Å². The number of sulfonamides is 1. The van der Waals surface area contributed by atoms with Gasteiger partial charge in [0.25, 0.3) is 0 Å². The molecule has 2 amide bonds. The van der Waals surface area contributed by atoms with Gasteiger partial charge in [-0.1, -0.05) is 6.07 Å². The molecule has 2 N–H and O–H groups in total. The predicted molar refractivity (Wildman–Crippen MR) is 92.2 cm³/mol. The Labute approximate surface area is 147 Å². The molecule has 0 atom stereocenters. The van der Waals surface area contributed by atoms with E-state index in [9.17, 15) is 13.2 Å². The minimum Gasteiger partial charge on any atom is -0.486 e. The van der Waals surface area contributed by atoms with E-state index in [0.29, 0.717) is 51.4 Å². The number of piperidine rings is 1. The van der Waals surface area contributed by atoms with Crippen LogP contribution in [0.3, 0.4) is 0 Å². The maximum Gasteiger partial charge on any atom is 0.315 e. The molecular weight excluding hydrogens is 346 g/mol. The molecule has 0 spiro atoms. The predicted octanol–water partition coefficient (Wildman–Crippen LogP) is 0.681. The molecule has 0 aromatic heterocycles. The molecule has 1 aromatic carbocycles. The first-order chi connectivity index (χ1) is 11.9. The van der Waals surface area contributed by atoms with E-state index in [4.69, 9.17) is 9.47 Å². The van der Waals surface area contributed by atoms with E-state index in [0.717, 1.165) is 11.3 Å². The van der Waals surface area contributed by atoms with E-state index in [2.05, 4.69) is 10.6 Å². The highest BCUT2D eigenvalue weighted by molar-refractivity contribution is 7.88. The summed E-state index contributed by atoms with van der Waals surface area (Å²) >= 11 is 0. The van der Waals surface area contributed by atoms with Crippen molar-refractivity contribution in [2.75, 3.05) is 32.6 Å². The number of carbonyl (C=O) groups excluding carboxylic acids is 1. The Kier molecular flexibility index (Phi) is 5.33. The van der Waals surface area contributed by atoms with Gasteiger partial charge in [-0.05, 0) is 30.5 Å². The Morgan fingerprint density at radius 3 is 2.56 bits per heavy atom. The van der Waals surface area contributed by atoms with Crippen molar-refractivity contribution in [2.24, 2.45) is 0 Å². The highest BCUT2D eigenvalue weighted by atomic mass is 32.2. The molecular formula is C16H23N3O5S. The maximum atomic E-state index is 12.0. The molecule has 25 heavy (non-hydrogen) atoms. The van der Waals surface area contributed by atoms with Crippen molar-refractivity contribution >= 4 is 16.1 Å². The third-order valence-electron chi connectivity index (χ3n) is 4.32. The Hall–Kier alpha value is -2.00. The number of nitrogens with zero attached hydrogens (tertiary/aromatic N) is 1. The van der Waals surface area contributed by atoms with Crippen LogP contribution in [0.15, 0.2) is 18.2 Å². The lowest BCUT2D eigenvalue weighted by Crippen LogP contribution is -2.48. The summed E-state index contributed by atoms with van der Waals surface area (Å²) in [6.45, 7) is 2.32. The first-order valence-electron chi connectivity index (χ1n) is 8.30. The molecule has 2 heterocycles. The molecule has 0 radical (unpaired) electrons. The van der Waals surface area contributed by atoms with Crippen LogP contribution >= 0.6 is 0 Å². The summed E-state index contributed by atoms with van der Waals surface area (Å²) in [5, 5.41) is 5.71. The summed E-state index contributed by atoms with van der Waals surface area (Å²) in [6.07, 6.45) is 2.44. The number of benzene rings is 1. The van der Waals surface area contributed by atoms with Crippen molar-refractivity contribution in [3.63, 3.8) is 0 Å². The van der Waals surface area contributed by atoms with Crippen LogP contribution in [0.25, 0.3) is 0 Å². The average Bonchev–Trinajstić information content (AvgIpc) is 2.59. The number of rotatable bonds is 4. The van der Waals surface area contributed by atoms with Gasteiger partial charge in [0, 0.05) is 25.7 Å². The summed E-state index contributed by atoms with van der Waals surface area (Å²) in [7, 11) is -3.15. The quantitative estimate of drug-likeness (QED) is 0.814. The third-order valence-corrected chi connectivity index (χ3v) is 5.62. The van der Waals surface area contributed by atoms with E-state index in [1.807, 2.05) is 18.2 Å². The summed E-state index contributed by atoms with van der Waals surface area (Å²) < 4.78 is 35.4. The van der Waals surface area contributed by atoms with Crippen molar-refractivity contribution in [1.29, 1.82) is 0 Å². The van der Waals surface area contributed by atoms with Crippen LogP contribution in [-0.2, 0) is 16.6 Å². The monoisotopic (exact) mass is 369 g/mol. The lowest BCUT2D eigenvalue weighted by Gasteiger charge is -2.30. The van der Waals surface area contributed by atoms with Crippen molar-refractivity contribution in [3.8, 4) is 11.5 Å². The molecule has 0 saturated carbocycles. The largest absolute Gasteiger partial charge is 0.486 e. The summed E-state index contributed by atoms with van der Waals surface area (Å²) in [6, 6.07) is 5.31. The zero-order valence-electron chi connectivity index (χ0n) is 14.2. The highest BCUT2D eigenvalue weighted by Crippen LogP contribution is 2.30. The van der Waals surface area contributed by atoms with Gasteiger partial charge in [-0.15, -0.1) is 0 Å². The van der Waals surface area contributed by atoms with Crippen LogP contribution in [0, 0.1) is 0 Å². The second-order valence-corrected chi connectivity index (χ2v) is 8.22. The fraction of sp³-hybridized carbons (Fsp3) is 0.562. The van der Waals surface area contributed by atoms with Crippen LogP contribution in [0.2, 0.25) is 0 Å². The second-order valence-electron chi connectivity index (χ2n) is 6.24. The molecule has 0 unspecified atom stereocenters. The average molecular weight is 369 g/mol. The van der Waals surface area contributed by atoms with E-state index < -0.39 is 10.0 Å². The molecule has 2 aliphatic rings. The molecule has 2 aliphatic heterocycles. The van der Waals surface area contributed by atoms with Gasteiger partial charge < -0.3 is 20.1 Å². The van der Waals surface area contributed by atoms with Crippen molar-refractivity contribution in [1.82, 2.24) is 14.9 Å². The minimum atomic E-state index is -3.15. The van der Waals surface area contributed by atoms with E-state index >= 15 is 0 Å². The number of ether oxygens (including phenoxy) is 2. The molecule has 138 valence electrons. The summed E-state index contributed by atoms with van der Waals surface area (Å²) in [5.74, 6) is 1.41. The second kappa shape index (κ2) is 7.49. The lowest BCUT2D eigenvalue weighted by atomic mass is 10.1. The zero-order chi connectivity index (χ0) is 17.9. The number of amides is 2. The molecule has 0 bridgehead atoms. The molecule has 1 aromatic rings. The van der Waals surface area contributed by atoms with Gasteiger partial charge in [0.1, 0.15) is 13.2 Å². The summed E-state index contributed by atoms with van der Waals surface area (Å²) in [5.41, 5.74) is 0.922. The van der Waals surface area contributed by atoms with Gasteiger partial charge in [-0.2, -0.15) is 0 Å². The van der Waals surface area contributed by atoms with Crippen molar-refractivity contribution in [2.45, 2.75) is 25.4 Å². The smallest absolute Gasteiger partial charge is 0.315 e.